The highest BCUT2D eigenvalue weighted by Crippen LogP contribution is 2.06. The van der Waals surface area contributed by atoms with E-state index in [1.54, 1.807) is 4.90 Å². The molecule has 1 fully saturated rings. The van der Waals surface area contributed by atoms with Crippen LogP contribution < -0.4 is 10.2 Å². The fourth-order valence-electron chi connectivity index (χ4n) is 1.67. The van der Waals surface area contributed by atoms with E-state index in [2.05, 4.69) is 0 Å². The number of hydrogen-bond donors (Lipinski definition) is 1. The molecule has 0 atom stereocenters. The summed E-state index contributed by atoms with van der Waals surface area (Å²) < 4.78 is 15.2. The molecule has 0 saturated carbocycles. The van der Waals surface area contributed by atoms with Crippen molar-refractivity contribution < 1.29 is 23.8 Å². The van der Waals surface area contributed by atoms with Crippen molar-refractivity contribution in [2.24, 2.45) is 0 Å². The summed E-state index contributed by atoms with van der Waals surface area (Å²) in [5.41, 5.74) is -0.426. The molecule has 0 unspecified atom stereocenters. The van der Waals surface area contributed by atoms with Crippen LogP contribution >= 0.6 is 0 Å². The van der Waals surface area contributed by atoms with Crippen LogP contribution in [0.1, 0.15) is 5.76 Å². The molecular formula is C12H15NO6. The molecule has 0 aromatic carbocycles. The summed E-state index contributed by atoms with van der Waals surface area (Å²) in [6.07, 6.45) is 1.10. The summed E-state index contributed by atoms with van der Waals surface area (Å²) in [7, 11) is 0. The van der Waals surface area contributed by atoms with Gasteiger partial charge in [-0.15, -0.1) is 0 Å². The number of carbonyl (C=O) groups excluding carboxylic acids is 1. The molecule has 0 radical (unpaired) electrons. The number of nitrogens with zero attached hydrogens (tertiary/aromatic N) is 1. The van der Waals surface area contributed by atoms with Crippen molar-refractivity contribution in [3.05, 3.63) is 28.3 Å². The Hall–Kier alpha value is -1.86. The second-order valence-electron chi connectivity index (χ2n) is 4.01. The first-order valence-corrected chi connectivity index (χ1v) is 5.91. The Labute approximate surface area is 109 Å². The van der Waals surface area contributed by atoms with Gasteiger partial charge in [0.15, 0.2) is 6.61 Å². The normalized spacial score (nSPS) is 15.3. The van der Waals surface area contributed by atoms with Crippen molar-refractivity contribution in [2.45, 2.75) is 6.61 Å². The third kappa shape index (κ3) is 3.55. The van der Waals surface area contributed by atoms with Crippen LogP contribution in [0, 0.1) is 0 Å². The van der Waals surface area contributed by atoms with E-state index >= 15 is 0 Å². The average Bonchev–Trinajstić information content (AvgIpc) is 2.46. The highest BCUT2D eigenvalue weighted by molar-refractivity contribution is 5.77. The molecule has 0 bridgehead atoms. The first-order chi connectivity index (χ1) is 9.20. The number of rotatable bonds is 4. The fourth-order valence-corrected chi connectivity index (χ4v) is 1.67. The lowest BCUT2D eigenvalue weighted by Gasteiger charge is -2.26. The Morgan fingerprint density at radius 1 is 1.42 bits per heavy atom. The minimum atomic E-state index is -0.426. The smallest absolute Gasteiger partial charge is 0.260 e. The predicted octanol–water partition coefficient (Wildman–Crippen LogP) is -0.630. The van der Waals surface area contributed by atoms with Gasteiger partial charge in [-0.25, -0.2) is 0 Å². The summed E-state index contributed by atoms with van der Waals surface area (Å²) >= 11 is 0. The molecule has 1 N–H and O–H groups in total. The first kappa shape index (κ1) is 13.6. The van der Waals surface area contributed by atoms with E-state index in [0.717, 1.165) is 12.3 Å². The molecule has 1 amide bonds. The zero-order valence-corrected chi connectivity index (χ0v) is 10.3. The summed E-state index contributed by atoms with van der Waals surface area (Å²) in [4.78, 5) is 24.9. The van der Waals surface area contributed by atoms with E-state index in [1.165, 1.54) is 0 Å². The van der Waals surface area contributed by atoms with Gasteiger partial charge in [-0.1, -0.05) is 0 Å². The molecule has 1 aromatic heterocycles. The van der Waals surface area contributed by atoms with Crippen LogP contribution in [-0.2, 0) is 16.1 Å². The van der Waals surface area contributed by atoms with Gasteiger partial charge < -0.3 is 23.9 Å². The Bertz CT molecular complexity index is 491. The zero-order chi connectivity index (χ0) is 13.7. The number of amides is 1. The van der Waals surface area contributed by atoms with Crippen LogP contribution in [-0.4, -0.2) is 48.8 Å². The minimum absolute atomic E-state index is 0.0428. The van der Waals surface area contributed by atoms with Gasteiger partial charge >= 0.3 is 0 Å². The van der Waals surface area contributed by atoms with Crippen LogP contribution in [0.2, 0.25) is 0 Å². The maximum Gasteiger partial charge on any atom is 0.260 e. The zero-order valence-electron chi connectivity index (χ0n) is 10.3. The van der Waals surface area contributed by atoms with E-state index < -0.39 is 5.43 Å². The number of carbonyl (C=O) groups is 1. The molecule has 104 valence electrons. The van der Waals surface area contributed by atoms with Gasteiger partial charge in [0.2, 0.25) is 11.2 Å². The number of aliphatic hydroxyl groups excluding tert-OH is 1. The summed E-state index contributed by atoms with van der Waals surface area (Å²) in [5, 5.41) is 8.80. The van der Waals surface area contributed by atoms with Crippen LogP contribution in [0.5, 0.6) is 5.75 Å². The number of morpholine rings is 1. The lowest BCUT2D eigenvalue weighted by atomic mass is 10.4. The molecule has 1 saturated heterocycles. The molecule has 19 heavy (non-hydrogen) atoms. The van der Waals surface area contributed by atoms with Gasteiger partial charge in [-0.05, 0) is 0 Å². The maximum atomic E-state index is 11.8. The van der Waals surface area contributed by atoms with Crippen LogP contribution in [0.25, 0.3) is 0 Å². The fraction of sp³-hybridized carbons (Fsp3) is 0.500. The standard InChI is InChI=1S/C12H15NO6/c14-6-9-5-10(15)11(7-18-9)19-8-12(16)13-1-3-17-4-2-13/h5,7,14H,1-4,6,8H2. The Balaban J connectivity index is 1.91. The third-order valence-corrected chi connectivity index (χ3v) is 2.72. The van der Waals surface area contributed by atoms with E-state index in [-0.39, 0.29) is 30.6 Å². The van der Waals surface area contributed by atoms with E-state index in [9.17, 15) is 9.59 Å². The molecule has 0 aliphatic carbocycles. The van der Waals surface area contributed by atoms with Crippen molar-refractivity contribution in [1.29, 1.82) is 0 Å². The van der Waals surface area contributed by atoms with Gasteiger partial charge in [0, 0.05) is 19.2 Å². The lowest BCUT2D eigenvalue weighted by Crippen LogP contribution is -2.43. The van der Waals surface area contributed by atoms with Crippen LogP contribution in [0.4, 0.5) is 0 Å². The Morgan fingerprint density at radius 3 is 2.79 bits per heavy atom. The molecule has 0 spiro atoms. The second-order valence-corrected chi connectivity index (χ2v) is 4.01. The van der Waals surface area contributed by atoms with Crippen molar-refractivity contribution in [3.63, 3.8) is 0 Å². The van der Waals surface area contributed by atoms with E-state index in [1.807, 2.05) is 0 Å². The van der Waals surface area contributed by atoms with Crippen LogP contribution in [0.15, 0.2) is 21.5 Å². The number of aliphatic hydroxyl groups is 1. The highest BCUT2D eigenvalue weighted by atomic mass is 16.5. The van der Waals surface area contributed by atoms with Gasteiger partial charge in [0.05, 0.1) is 13.2 Å². The molecule has 7 heteroatoms. The molecule has 1 aliphatic rings. The molecule has 1 aliphatic heterocycles. The predicted molar refractivity (Wildman–Crippen MR) is 63.8 cm³/mol. The lowest BCUT2D eigenvalue weighted by molar-refractivity contribution is -0.137. The van der Waals surface area contributed by atoms with Crippen LogP contribution in [0.3, 0.4) is 0 Å². The molecular weight excluding hydrogens is 254 g/mol. The van der Waals surface area contributed by atoms with Gasteiger partial charge in [0.25, 0.3) is 5.91 Å². The third-order valence-electron chi connectivity index (χ3n) is 2.72. The summed E-state index contributed by atoms with van der Waals surface area (Å²) in [6, 6.07) is 1.13. The molecule has 1 aromatic rings. The van der Waals surface area contributed by atoms with E-state index in [4.69, 9.17) is 19.0 Å². The quantitative estimate of drug-likeness (QED) is 0.782. The Morgan fingerprint density at radius 2 is 2.16 bits per heavy atom. The maximum absolute atomic E-state index is 11.8. The topological polar surface area (TPSA) is 89.2 Å². The Kier molecular flexibility index (Phi) is 4.53. The van der Waals surface area contributed by atoms with Crippen molar-refractivity contribution in [2.75, 3.05) is 32.9 Å². The largest absolute Gasteiger partial charge is 0.477 e. The van der Waals surface area contributed by atoms with Crippen molar-refractivity contribution in [1.82, 2.24) is 4.90 Å². The summed E-state index contributed by atoms with van der Waals surface area (Å²) in [6.45, 7) is 1.50. The second kappa shape index (κ2) is 6.35. The summed E-state index contributed by atoms with van der Waals surface area (Å²) in [5.74, 6) is -0.0930. The first-order valence-electron chi connectivity index (χ1n) is 5.91. The molecule has 2 rings (SSSR count). The highest BCUT2D eigenvalue weighted by Gasteiger charge is 2.17. The monoisotopic (exact) mass is 269 g/mol. The van der Waals surface area contributed by atoms with Gasteiger partial charge in [-0.3, -0.25) is 9.59 Å². The van der Waals surface area contributed by atoms with E-state index in [0.29, 0.717) is 26.3 Å². The van der Waals surface area contributed by atoms with Crippen molar-refractivity contribution in [3.8, 4) is 5.75 Å². The average molecular weight is 269 g/mol. The van der Waals surface area contributed by atoms with Crippen molar-refractivity contribution >= 4 is 5.91 Å². The number of ether oxygens (including phenoxy) is 2. The van der Waals surface area contributed by atoms with Gasteiger partial charge in [-0.2, -0.15) is 0 Å². The number of hydrogen-bond acceptors (Lipinski definition) is 6. The molecule has 2 heterocycles. The minimum Gasteiger partial charge on any atom is -0.477 e. The molecule has 7 nitrogen and oxygen atoms in total. The van der Waals surface area contributed by atoms with Gasteiger partial charge in [0.1, 0.15) is 18.6 Å². The SMILES string of the molecule is O=C(COc1coc(CO)cc1=O)N1CCOCC1.